The lowest BCUT2D eigenvalue weighted by atomic mass is 10.2. The van der Waals surface area contributed by atoms with Crippen LogP contribution in [0.1, 0.15) is 5.56 Å². The Morgan fingerprint density at radius 1 is 1.07 bits per heavy atom. The Labute approximate surface area is 158 Å². The molecule has 0 aliphatic rings. The van der Waals surface area contributed by atoms with Crippen molar-refractivity contribution in [3.05, 3.63) is 63.0 Å². The van der Waals surface area contributed by atoms with Crippen LogP contribution in [0.5, 0.6) is 0 Å². The molecule has 12 heteroatoms. The van der Waals surface area contributed by atoms with Crippen molar-refractivity contribution in [1.82, 2.24) is 9.88 Å². The Morgan fingerprint density at radius 2 is 1.75 bits per heavy atom. The molecular formula is C16H11ClF5N3O3. The number of halogens is 6. The van der Waals surface area contributed by atoms with Gasteiger partial charge in [-0.15, -0.1) is 0 Å². The zero-order chi connectivity index (χ0) is 21.1. The summed E-state index contributed by atoms with van der Waals surface area (Å²) in [6.45, 7) is -1.44. The number of benzene rings is 1. The lowest BCUT2D eigenvalue weighted by Gasteiger charge is -2.12. The van der Waals surface area contributed by atoms with Crippen LogP contribution in [0.2, 0.25) is 5.02 Å². The van der Waals surface area contributed by atoms with Crippen LogP contribution in [0.15, 0.2) is 35.3 Å². The van der Waals surface area contributed by atoms with E-state index in [0.29, 0.717) is 16.8 Å². The first-order valence-electron chi connectivity index (χ1n) is 7.46. The topological polar surface area (TPSA) is 80.2 Å². The quantitative estimate of drug-likeness (QED) is 0.725. The van der Waals surface area contributed by atoms with Crippen molar-refractivity contribution in [1.29, 1.82) is 0 Å². The second kappa shape index (κ2) is 8.38. The van der Waals surface area contributed by atoms with Crippen LogP contribution < -0.4 is 16.2 Å². The van der Waals surface area contributed by atoms with E-state index in [1.54, 1.807) is 0 Å². The molecule has 0 atom stereocenters. The van der Waals surface area contributed by atoms with Gasteiger partial charge < -0.3 is 15.2 Å². The molecule has 1 heterocycles. The number of carbonyl (C=O) groups is 2. The van der Waals surface area contributed by atoms with Gasteiger partial charge in [-0.1, -0.05) is 11.6 Å². The van der Waals surface area contributed by atoms with E-state index in [4.69, 9.17) is 11.6 Å². The smallest absolute Gasteiger partial charge is 0.345 e. The molecule has 2 aromatic rings. The van der Waals surface area contributed by atoms with Gasteiger partial charge in [-0.3, -0.25) is 14.4 Å². The maximum atomic E-state index is 13.1. The van der Waals surface area contributed by atoms with Crippen molar-refractivity contribution in [3.63, 3.8) is 0 Å². The highest BCUT2D eigenvalue weighted by molar-refractivity contribution is 6.30. The van der Waals surface area contributed by atoms with Crippen LogP contribution in [0.25, 0.3) is 0 Å². The van der Waals surface area contributed by atoms with Crippen molar-refractivity contribution in [2.75, 3.05) is 11.9 Å². The van der Waals surface area contributed by atoms with E-state index in [0.717, 1.165) is 18.2 Å². The molecule has 0 unspecified atom stereocenters. The molecule has 0 aliphatic carbocycles. The highest BCUT2D eigenvalue weighted by Gasteiger charge is 2.32. The summed E-state index contributed by atoms with van der Waals surface area (Å²) < 4.78 is 64.6. The zero-order valence-corrected chi connectivity index (χ0v) is 14.5. The fourth-order valence-electron chi connectivity index (χ4n) is 2.04. The van der Waals surface area contributed by atoms with E-state index in [1.807, 2.05) is 0 Å². The second-order valence-corrected chi connectivity index (χ2v) is 5.87. The maximum Gasteiger partial charge on any atom is 0.417 e. The molecule has 28 heavy (non-hydrogen) atoms. The van der Waals surface area contributed by atoms with Crippen molar-refractivity contribution in [2.24, 2.45) is 0 Å². The van der Waals surface area contributed by atoms with Crippen molar-refractivity contribution >= 4 is 29.1 Å². The summed E-state index contributed by atoms with van der Waals surface area (Å²) in [6, 6.07) is 3.03. The minimum absolute atomic E-state index is 0.0703. The van der Waals surface area contributed by atoms with Gasteiger partial charge in [0.1, 0.15) is 11.6 Å². The molecule has 0 saturated heterocycles. The Kier molecular flexibility index (Phi) is 6.39. The molecule has 0 spiro atoms. The molecule has 0 aliphatic heterocycles. The van der Waals surface area contributed by atoms with Gasteiger partial charge in [-0.05, 0) is 18.2 Å². The molecule has 2 amide bonds. The Bertz CT molecular complexity index is 975. The number of alkyl halides is 3. The number of carbonyl (C=O) groups excluding carboxylic acids is 2. The van der Waals surface area contributed by atoms with E-state index in [9.17, 15) is 36.3 Å². The summed E-state index contributed by atoms with van der Waals surface area (Å²) in [4.78, 5) is 35.3. The van der Waals surface area contributed by atoms with Crippen LogP contribution >= 0.6 is 11.6 Å². The number of nitrogens with zero attached hydrogens (tertiary/aromatic N) is 1. The average Bonchev–Trinajstić information content (AvgIpc) is 2.59. The van der Waals surface area contributed by atoms with Crippen LogP contribution in [0.4, 0.5) is 27.6 Å². The van der Waals surface area contributed by atoms with Crippen LogP contribution in [-0.4, -0.2) is 22.9 Å². The Morgan fingerprint density at radius 3 is 2.36 bits per heavy atom. The second-order valence-electron chi connectivity index (χ2n) is 5.46. The predicted molar refractivity (Wildman–Crippen MR) is 88.7 cm³/mol. The highest BCUT2D eigenvalue weighted by Crippen LogP contribution is 2.29. The molecule has 0 radical (unpaired) electrons. The van der Waals surface area contributed by atoms with Gasteiger partial charge in [0.25, 0.3) is 5.56 Å². The summed E-state index contributed by atoms with van der Waals surface area (Å²) in [5.74, 6) is -4.06. The number of anilines is 1. The van der Waals surface area contributed by atoms with Gasteiger partial charge in [0.2, 0.25) is 11.8 Å². The fourth-order valence-corrected chi connectivity index (χ4v) is 2.27. The lowest BCUT2D eigenvalue weighted by Crippen LogP contribution is -2.37. The molecule has 6 nitrogen and oxygen atoms in total. The molecular weight excluding hydrogens is 413 g/mol. The summed E-state index contributed by atoms with van der Waals surface area (Å²) >= 11 is 5.46. The normalized spacial score (nSPS) is 11.2. The first kappa shape index (κ1) is 21.4. The first-order valence-corrected chi connectivity index (χ1v) is 7.84. The summed E-state index contributed by atoms with van der Waals surface area (Å²) in [5, 5.41) is 3.54. The molecule has 0 fully saturated rings. The van der Waals surface area contributed by atoms with Crippen molar-refractivity contribution in [2.45, 2.75) is 12.7 Å². The monoisotopic (exact) mass is 423 g/mol. The standard InChI is InChI=1S/C16H11ClF5N3O3/c17-10-3-8(16(20,21)22)6-25(15(10)28)7-14(27)23-5-13(26)24-9-1-2-11(18)12(19)4-9/h1-4,6H,5,7H2,(H,23,27)(H,24,26). The number of rotatable bonds is 5. The number of amides is 2. The number of hydrogen-bond donors (Lipinski definition) is 2. The van der Waals surface area contributed by atoms with E-state index >= 15 is 0 Å². The molecule has 1 aromatic heterocycles. The third-order valence-electron chi connectivity index (χ3n) is 3.33. The van der Waals surface area contributed by atoms with E-state index in [-0.39, 0.29) is 5.69 Å². The summed E-state index contributed by atoms with van der Waals surface area (Å²) in [7, 11) is 0. The minimum atomic E-state index is -4.78. The summed E-state index contributed by atoms with van der Waals surface area (Å²) in [6.07, 6.45) is -4.35. The molecule has 2 rings (SSSR count). The number of nitrogens with one attached hydrogen (secondary N) is 2. The average molecular weight is 424 g/mol. The third kappa shape index (κ3) is 5.52. The highest BCUT2D eigenvalue weighted by atomic mass is 35.5. The number of aromatic nitrogens is 1. The van der Waals surface area contributed by atoms with Gasteiger partial charge in [0.05, 0.1) is 12.1 Å². The van der Waals surface area contributed by atoms with Gasteiger partial charge in [0.15, 0.2) is 11.6 Å². The minimum Gasteiger partial charge on any atom is -0.345 e. The Balaban J connectivity index is 1.98. The number of hydrogen-bond acceptors (Lipinski definition) is 3. The molecule has 0 saturated carbocycles. The van der Waals surface area contributed by atoms with Crippen LogP contribution in [0, 0.1) is 11.6 Å². The third-order valence-corrected chi connectivity index (χ3v) is 3.60. The Hall–Kier alpha value is -2.95. The molecule has 150 valence electrons. The van der Waals surface area contributed by atoms with Crippen molar-refractivity contribution in [3.8, 4) is 0 Å². The molecule has 0 bridgehead atoms. The number of pyridine rings is 1. The van der Waals surface area contributed by atoms with Crippen molar-refractivity contribution < 1.29 is 31.5 Å². The lowest BCUT2D eigenvalue weighted by molar-refractivity contribution is -0.138. The first-order chi connectivity index (χ1) is 13.0. The molecule has 1 aromatic carbocycles. The van der Waals surface area contributed by atoms with Gasteiger partial charge >= 0.3 is 6.18 Å². The summed E-state index contributed by atoms with van der Waals surface area (Å²) in [5.41, 5.74) is -2.31. The molecule has 2 N–H and O–H groups in total. The van der Waals surface area contributed by atoms with Gasteiger partial charge in [-0.2, -0.15) is 13.2 Å². The van der Waals surface area contributed by atoms with Gasteiger partial charge in [0, 0.05) is 18.0 Å². The maximum absolute atomic E-state index is 13.1. The van der Waals surface area contributed by atoms with Gasteiger partial charge in [-0.25, -0.2) is 8.78 Å². The van der Waals surface area contributed by atoms with E-state index < -0.39 is 58.9 Å². The predicted octanol–water partition coefficient (Wildman–Crippen LogP) is 2.55. The fraction of sp³-hybridized carbons (Fsp3) is 0.188. The van der Waals surface area contributed by atoms with Crippen LogP contribution in [-0.2, 0) is 22.3 Å². The zero-order valence-electron chi connectivity index (χ0n) is 13.7. The van der Waals surface area contributed by atoms with Crippen LogP contribution in [0.3, 0.4) is 0 Å². The SMILES string of the molecule is O=C(Cn1cc(C(F)(F)F)cc(Cl)c1=O)NCC(=O)Nc1ccc(F)c(F)c1. The van der Waals surface area contributed by atoms with E-state index in [2.05, 4.69) is 10.6 Å². The van der Waals surface area contributed by atoms with E-state index in [1.165, 1.54) is 0 Å². The largest absolute Gasteiger partial charge is 0.417 e.